The molecular formula is C17H13ClN6O2. The van der Waals surface area contributed by atoms with E-state index in [9.17, 15) is 4.79 Å². The molecule has 0 amide bonds. The smallest absolute Gasteiger partial charge is 0.199 e. The van der Waals surface area contributed by atoms with E-state index >= 15 is 0 Å². The van der Waals surface area contributed by atoms with Crippen molar-refractivity contribution in [2.24, 2.45) is 0 Å². The highest BCUT2D eigenvalue weighted by Crippen LogP contribution is 2.27. The number of carbonyl (C=O) groups excluding carboxylic acids is 1. The standard InChI is InChI=1S/C17H13ClN6O2/c18-10-6-5-9(7-11(10)19)14(25)8-24-13-4-2-1-3-12(13)21-17(24)15-16(20)23-26-22-15/h1-7H,8,19H2,(H2,20,23). The van der Waals surface area contributed by atoms with Gasteiger partial charge < -0.3 is 16.0 Å². The lowest BCUT2D eigenvalue weighted by molar-refractivity contribution is 0.0974. The zero-order chi connectivity index (χ0) is 18.3. The van der Waals surface area contributed by atoms with Crippen LogP contribution in [-0.2, 0) is 6.54 Å². The molecule has 26 heavy (non-hydrogen) atoms. The minimum Gasteiger partial charge on any atom is -0.398 e. The van der Waals surface area contributed by atoms with Crippen molar-refractivity contribution in [3.8, 4) is 11.5 Å². The summed E-state index contributed by atoms with van der Waals surface area (Å²) < 4.78 is 6.40. The van der Waals surface area contributed by atoms with Crippen LogP contribution in [0.25, 0.3) is 22.6 Å². The first kappa shape index (κ1) is 16.1. The predicted molar refractivity (Wildman–Crippen MR) is 97.6 cm³/mol. The summed E-state index contributed by atoms with van der Waals surface area (Å²) in [6, 6.07) is 12.2. The van der Waals surface area contributed by atoms with Crippen molar-refractivity contribution in [1.82, 2.24) is 19.9 Å². The van der Waals surface area contributed by atoms with E-state index in [4.69, 9.17) is 23.1 Å². The van der Waals surface area contributed by atoms with Gasteiger partial charge in [0.15, 0.2) is 23.1 Å². The summed E-state index contributed by atoms with van der Waals surface area (Å²) in [7, 11) is 0. The van der Waals surface area contributed by atoms with Crippen LogP contribution in [0, 0.1) is 0 Å². The molecule has 0 saturated heterocycles. The Morgan fingerprint density at radius 2 is 1.96 bits per heavy atom. The maximum atomic E-state index is 12.8. The summed E-state index contributed by atoms with van der Waals surface area (Å²) in [4.78, 5) is 17.3. The Labute approximate surface area is 152 Å². The van der Waals surface area contributed by atoms with Crippen molar-refractivity contribution >= 4 is 39.9 Å². The molecular weight excluding hydrogens is 356 g/mol. The largest absolute Gasteiger partial charge is 0.398 e. The number of carbonyl (C=O) groups is 1. The number of nitrogens with zero attached hydrogens (tertiary/aromatic N) is 4. The van der Waals surface area contributed by atoms with Gasteiger partial charge in [0.2, 0.25) is 0 Å². The SMILES string of the molecule is Nc1cc(C(=O)Cn2c(-c3nonc3N)nc3ccccc32)ccc1Cl. The number of anilines is 2. The van der Waals surface area contributed by atoms with Crippen LogP contribution in [0.4, 0.5) is 11.5 Å². The fraction of sp³-hybridized carbons (Fsp3) is 0.0588. The highest BCUT2D eigenvalue weighted by Gasteiger charge is 2.21. The van der Waals surface area contributed by atoms with Gasteiger partial charge >= 0.3 is 0 Å². The Morgan fingerprint density at radius 1 is 1.15 bits per heavy atom. The van der Waals surface area contributed by atoms with Crippen LogP contribution in [0.3, 0.4) is 0 Å². The number of aromatic nitrogens is 4. The number of halogens is 1. The summed E-state index contributed by atoms with van der Waals surface area (Å²) in [5.74, 6) is 0.345. The van der Waals surface area contributed by atoms with Gasteiger partial charge in [-0.15, -0.1) is 0 Å². The molecule has 0 aliphatic rings. The van der Waals surface area contributed by atoms with Crippen molar-refractivity contribution in [2.75, 3.05) is 11.5 Å². The number of Topliss-reactive ketones (excluding diaryl/α,β-unsaturated/α-hetero) is 1. The molecule has 0 aliphatic carbocycles. The second-order valence-electron chi connectivity index (χ2n) is 5.67. The van der Waals surface area contributed by atoms with E-state index in [0.717, 1.165) is 5.52 Å². The average Bonchev–Trinajstić information content (AvgIpc) is 3.21. The van der Waals surface area contributed by atoms with Crippen LogP contribution < -0.4 is 11.5 Å². The van der Waals surface area contributed by atoms with Gasteiger partial charge in [0.25, 0.3) is 0 Å². The molecule has 130 valence electrons. The van der Waals surface area contributed by atoms with Crippen LogP contribution in [0.2, 0.25) is 5.02 Å². The zero-order valence-corrected chi connectivity index (χ0v) is 14.1. The first-order valence-corrected chi connectivity index (χ1v) is 8.04. The summed E-state index contributed by atoms with van der Waals surface area (Å²) in [5.41, 5.74) is 14.1. The third-order valence-corrected chi connectivity index (χ3v) is 4.34. The number of hydrogen-bond donors (Lipinski definition) is 2. The van der Waals surface area contributed by atoms with Gasteiger partial charge in [-0.25, -0.2) is 9.61 Å². The summed E-state index contributed by atoms with van der Waals surface area (Å²) in [6.45, 7) is 0.0171. The van der Waals surface area contributed by atoms with Crippen LogP contribution in [-0.4, -0.2) is 25.6 Å². The number of para-hydroxylation sites is 2. The van der Waals surface area contributed by atoms with Gasteiger partial charge in [0.1, 0.15) is 0 Å². The topological polar surface area (TPSA) is 126 Å². The van der Waals surface area contributed by atoms with E-state index in [0.29, 0.717) is 27.6 Å². The summed E-state index contributed by atoms with van der Waals surface area (Å²) >= 11 is 5.93. The van der Waals surface area contributed by atoms with Gasteiger partial charge in [-0.05, 0) is 40.6 Å². The second kappa shape index (κ2) is 6.16. The van der Waals surface area contributed by atoms with E-state index in [2.05, 4.69) is 19.9 Å². The molecule has 0 bridgehead atoms. The number of ketones is 1. The number of nitrogens with two attached hydrogens (primary N) is 2. The minimum atomic E-state index is -0.159. The van der Waals surface area contributed by atoms with Gasteiger partial charge in [0.05, 0.1) is 28.3 Å². The van der Waals surface area contributed by atoms with Crippen molar-refractivity contribution in [2.45, 2.75) is 6.54 Å². The molecule has 0 radical (unpaired) electrons. The summed E-state index contributed by atoms with van der Waals surface area (Å²) in [5, 5.41) is 7.79. The number of nitrogen functional groups attached to an aromatic ring is 2. The second-order valence-corrected chi connectivity index (χ2v) is 6.08. The Kier molecular flexibility index (Phi) is 3.81. The van der Waals surface area contributed by atoms with Crippen molar-refractivity contribution in [3.05, 3.63) is 53.1 Å². The Morgan fingerprint density at radius 3 is 2.69 bits per heavy atom. The van der Waals surface area contributed by atoms with E-state index in [1.807, 2.05) is 24.3 Å². The van der Waals surface area contributed by atoms with Gasteiger partial charge in [0, 0.05) is 5.56 Å². The molecule has 0 unspecified atom stereocenters. The lowest BCUT2D eigenvalue weighted by atomic mass is 10.1. The third-order valence-electron chi connectivity index (χ3n) is 4.00. The number of hydrogen-bond acceptors (Lipinski definition) is 7. The van der Waals surface area contributed by atoms with Crippen LogP contribution in [0.5, 0.6) is 0 Å². The number of rotatable bonds is 4. The van der Waals surface area contributed by atoms with Gasteiger partial charge in [-0.3, -0.25) is 4.79 Å². The Bertz CT molecular complexity index is 1130. The van der Waals surface area contributed by atoms with Gasteiger partial charge in [-0.1, -0.05) is 23.7 Å². The molecule has 0 saturated carbocycles. The molecule has 0 aliphatic heterocycles. The lowest BCUT2D eigenvalue weighted by Crippen LogP contribution is -2.12. The van der Waals surface area contributed by atoms with E-state index in [1.165, 1.54) is 0 Å². The molecule has 0 spiro atoms. The molecule has 4 aromatic rings. The maximum Gasteiger partial charge on any atom is 0.199 e. The molecule has 0 fully saturated rings. The van der Waals surface area contributed by atoms with Crippen molar-refractivity contribution < 1.29 is 9.42 Å². The molecule has 8 nitrogen and oxygen atoms in total. The Balaban J connectivity index is 1.81. The molecule has 2 aromatic carbocycles. The van der Waals surface area contributed by atoms with Crippen LogP contribution in [0.15, 0.2) is 47.1 Å². The molecule has 4 rings (SSSR count). The lowest BCUT2D eigenvalue weighted by Gasteiger charge is -2.08. The summed E-state index contributed by atoms with van der Waals surface area (Å²) in [6.07, 6.45) is 0. The molecule has 9 heteroatoms. The monoisotopic (exact) mass is 368 g/mol. The van der Waals surface area contributed by atoms with E-state index < -0.39 is 0 Å². The predicted octanol–water partition coefficient (Wildman–Crippen LogP) is 2.79. The van der Waals surface area contributed by atoms with Crippen molar-refractivity contribution in [3.63, 3.8) is 0 Å². The van der Waals surface area contributed by atoms with E-state index in [-0.39, 0.29) is 23.8 Å². The van der Waals surface area contributed by atoms with Crippen molar-refractivity contribution in [1.29, 1.82) is 0 Å². The fourth-order valence-corrected chi connectivity index (χ4v) is 2.84. The normalized spacial score (nSPS) is 11.1. The number of fused-ring (bicyclic) bond motifs is 1. The highest BCUT2D eigenvalue weighted by molar-refractivity contribution is 6.33. The third kappa shape index (κ3) is 2.66. The quantitative estimate of drug-likeness (QED) is 0.419. The minimum absolute atomic E-state index is 0.0171. The fourth-order valence-electron chi connectivity index (χ4n) is 2.72. The zero-order valence-electron chi connectivity index (χ0n) is 13.4. The number of imidazole rings is 1. The van der Waals surface area contributed by atoms with E-state index in [1.54, 1.807) is 22.8 Å². The van der Waals surface area contributed by atoms with Crippen LogP contribution in [0.1, 0.15) is 10.4 Å². The molecule has 4 N–H and O–H groups in total. The average molecular weight is 369 g/mol. The molecule has 2 aromatic heterocycles. The number of benzene rings is 2. The van der Waals surface area contributed by atoms with Crippen LogP contribution >= 0.6 is 11.6 Å². The Hall–Kier alpha value is -3.39. The van der Waals surface area contributed by atoms with Gasteiger partial charge in [-0.2, -0.15) is 0 Å². The first-order valence-electron chi connectivity index (χ1n) is 7.66. The highest BCUT2D eigenvalue weighted by atomic mass is 35.5. The first-order chi connectivity index (χ1) is 12.5. The maximum absolute atomic E-state index is 12.8. The molecule has 0 atom stereocenters. The molecule has 2 heterocycles.